The fourth-order valence-electron chi connectivity index (χ4n) is 3.09. The number of aryl methyl sites for hydroxylation is 3. The third-order valence-corrected chi connectivity index (χ3v) is 4.90. The van der Waals surface area contributed by atoms with Crippen molar-refractivity contribution in [3.8, 4) is 11.3 Å². The van der Waals surface area contributed by atoms with Crippen LogP contribution in [0.5, 0.6) is 0 Å². The van der Waals surface area contributed by atoms with E-state index in [1.54, 1.807) is 0 Å². The van der Waals surface area contributed by atoms with Gasteiger partial charge in [-0.25, -0.2) is 15.0 Å². The summed E-state index contributed by atoms with van der Waals surface area (Å²) < 4.78 is 5.45. The Morgan fingerprint density at radius 1 is 0.962 bits per heavy atom. The summed E-state index contributed by atoms with van der Waals surface area (Å²) >= 11 is 6.14. The Labute approximate surface area is 157 Å². The fraction of sp³-hybridized carbons (Fsp3) is 0.368. The van der Waals surface area contributed by atoms with Crippen molar-refractivity contribution >= 4 is 28.7 Å². The maximum atomic E-state index is 6.14. The van der Waals surface area contributed by atoms with E-state index in [-0.39, 0.29) is 0 Å². The van der Waals surface area contributed by atoms with Gasteiger partial charge < -0.3 is 9.64 Å². The number of anilines is 1. The van der Waals surface area contributed by atoms with Gasteiger partial charge >= 0.3 is 0 Å². The van der Waals surface area contributed by atoms with Crippen LogP contribution in [0.15, 0.2) is 18.2 Å². The van der Waals surface area contributed by atoms with Crippen LogP contribution in [0, 0.1) is 20.8 Å². The van der Waals surface area contributed by atoms with Gasteiger partial charge in [0.2, 0.25) is 5.95 Å². The first-order chi connectivity index (χ1) is 12.5. The summed E-state index contributed by atoms with van der Waals surface area (Å²) in [6, 6.07) is 5.80. The molecule has 0 radical (unpaired) electrons. The number of nitrogens with zero attached hydrogens (tertiary/aromatic N) is 5. The Hall–Kier alpha value is -2.31. The van der Waals surface area contributed by atoms with Gasteiger partial charge in [-0.1, -0.05) is 17.7 Å². The Kier molecular flexibility index (Phi) is 4.46. The van der Waals surface area contributed by atoms with Gasteiger partial charge in [0.25, 0.3) is 0 Å². The second-order valence-electron chi connectivity index (χ2n) is 6.50. The van der Waals surface area contributed by atoms with Crippen LogP contribution in [-0.4, -0.2) is 46.2 Å². The molecule has 0 amide bonds. The van der Waals surface area contributed by atoms with Gasteiger partial charge in [-0.05, 0) is 38.5 Å². The van der Waals surface area contributed by atoms with Crippen molar-refractivity contribution in [1.82, 2.24) is 19.9 Å². The van der Waals surface area contributed by atoms with Gasteiger partial charge in [0, 0.05) is 23.7 Å². The lowest BCUT2D eigenvalue weighted by molar-refractivity contribution is 0.122. The van der Waals surface area contributed by atoms with Crippen molar-refractivity contribution in [3.63, 3.8) is 0 Å². The topological polar surface area (TPSA) is 64.0 Å². The third kappa shape index (κ3) is 3.10. The molecular weight excluding hydrogens is 350 g/mol. The van der Waals surface area contributed by atoms with Crippen molar-refractivity contribution in [2.75, 3.05) is 31.2 Å². The van der Waals surface area contributed by atoms with Crippen molar-refractivity contribution in [3.05, 3.63) is 40.2 Å². The van der Waals surface area contributed by atoms with Gasteiger partial charge in [0.05, 0.1) is 24.6 Å². The number of hydrogen-bond acceptors (Lipinski definition) is 6. The summed E-state index contributed by atoms with van der Waals surface area (Å²) in [5.41, 5.74) is 5.93. The molecule has 26 heavy (non-hydrogen) atoms. The summed E-state index contributed by atoms with van der Waals surface area (Å²) in [6.07, 6.45) is 0. The molecule has 2 aromatic heterocycles. The molecule has 3 heterocycles. The number of morpholine rings is 1. The second-order valence-corrected chi connectivity index (χ2v) is 6.93. The molecular formula is C19H20ClN5O. The monoisotopic (exact) mass is 369 g/mol. The van der Waals surface area contributed by atoms with Crippen LogP contribution in [-0.2, 0) is 4.74 Å². The van der Waals surface area contributed by atoms with E-state index in [9.17, 15) is 0 Å². The van der Waals surface area contributed by atoms with Gasteiger partial charge in [0.15, 0.2) is 5.65 Å². The van der Waals surface area contributed by atoms with E-state index in [1.807, 2.05) is 39.0 Å². The molecule has 0 N–H and O–H groups in total. The van der Waals surface area contributed by atoms with E-state index in [0.717, 1.165) is 46.8 Å². The van der Waals surface area contributed by atoms with E-state index in [1.165, 1.54) is 0 Å². The molecule has 1 saturated heterocycles. The lowest BCUT2D eigenvalue weighted by Gasteiger charge is -2.27. The average Bonchev–Trinajstić information content (AvgIpc) is 2.63. The van der Waals surface area contributed by atoms with Gasteiger partial charge in [-0.2, -0.15) is 4.98 Å². The second kappa shape index (κ2) is 6.78. The number of benzene rings is 1. The molecule has 0 atom stereocenters. The third-order valence-electron chi connectivity index (χ3n) is 4.67. The Morgan fingerprint density at radius 3 is 2.42 bits per heavy atom. The molecule has 6 nitrogen and oxygen atoms in total. The molecule has 0 bridgehead atoms. The van der Waals surface area contributed by atoms with Crippen molar-refractivity contribution < 1.29 is 4.74 Å². The van der Waals surface area contributed by atoms with Crippen molar-refractivity contribution in [1.29, 1.82) is 0 Å². The van der Waals surface area contributed by atoms with Crippen LogP contribution in [0.3, 0.4) is 0 Å². The minimum Gasteiger partial charge on any atom is -0.378 e. The Bertz CT molecular complexity index is 985. The maximum absolute atomic E-state index is 6.14. The van der Waals surface area contributed by atoms with Crippen LogP contribution < -0.4 is 4.90 Å². The summed E-state index contributed by atoms with van der Waals surface area (Å²) in [5, 5.41) is 0.705. The fourth-order valence-corrected chi connectivity index (χ4v) is 3.31. The summed E-state index contributed by atoms with van der Waals surface area (Å²) in [7, 11) is 0. The number of hydrogen-bond donors (Lipinski definition) is 0. The highest BCUT2D eigenvalue weighted by Crippen LogP contribution is 2.31. The van der Waals surface area contributed by atoms with E-state index in [0.29, 0.717) is 29.8 Å². The number of rotatable bonds is 2. The van der Waals surface area contributed by atoms with Crippen LogP contribution >= 0.6 is 11.6 Å². The highest BCUT2D eigenvalue weighted by molar-refractivity contribution is 6.30. The van der Waals surface area contributed by atoms with Gasteiger partial charge in [0.1, 0.15) is 11.2 Å². The Morgan fingerprint density at radius 2 is 1.69 bits per heavy atom. The first-order valence-electron chi connectivity index (χ1n) is 8.65. The van der Waals surface area contributed by atoms with Crippen LogP contribution in [0.2, 0.25) is 5.02 Å². The number of halogens is 1. The molecule has 0 unspecified atom stereocenters. The molecule has 1 aliphatic rings. The molecule has 1 aliphatic heterocycles. The minimum absolute atomic E-state index is 0.619. The molecule has 0 saturated carbocycles. The predicted octanol–water partition coefficient (Wildman–Crippen LogP) is 3.50. The maximum Gasteiger partial charge on any atom is 0.228 e. The zero-order chi connectivity index (χ0) is 18.3. The highest BCUT2D eigenvalue weighted by atomic mass is 35.5. The standard InChI is InChI=1S/C19H20ClN5O/c1-11-10-14(20)4-5-15(11)16-17-18(22-13(3)12(2)21-17)24-19(23-16)25-6-8-26-9-7-25/h4-5,10H,6-9H2,1-3H3. The van der Waals surface area contributed by atoms with E-state index < -0.39 is 0 Å². The molecule has 3 aromatic rings. The molecule has 1 fully saturated rings. The lowest BCUT2D eigenvalue weighted by atomic mass is 10.0. The zero-order valence-corrected chi connectivity index (χ0v) is 15.8. The number of ether oxygens (including phenoxy) is 1. The van der Waals surface area contributed by atoms with Crippen LogP contribution in [0.4, 0.5) is 5.95 Å². The van der Waals surface area contributed by atoms with Gasteiger partial charge in [-0.3, -0.25) is 0 Å². The molecule has 7 heteroatoms. The molecule has 0 aliphatic carbocycles. The highest BCUT2D eigenvalue weighted by Gasteiger charge is 2.20. The first kappa shape index (κ1) is 17.1. The smallest absolute Gasteiger partial charge is 0.228 e. The van der Waals surface area contributed by atoms with Crippen molar-refractivity contribution in [2.24, 2.45) is 0 Å². The molecule has 134 valence electrons. The molecule has 4 rings (SSSR count). The van der Waals surface area contributed by atoms with E-state index in [4.69, 9.17) is 31.3 Å². The SMILES string of the molecule is Cc1cc(Cl)ccc1-c1nc(N2CCOCC2)nc2nc(C)c(C)nc12. The minimum atomic E-state index is 0.619. The Balaban J connectivity index is 1.97. The summed E-state index contributed by atoms with van der Waals surface area (Å²) in [6.45, 7) is 8.82. The number of aromatic nitrogens is 4. The molecule has 1 aromatic carbocycles. The van der Waals surface area contributed by atoms with Crippen molar-refractivity contribution in [2.45, 2.75) is 20.8 Å². The van der Waals surface area contributed by atoms with E-state index >= 15 is 0 Å². The van der Waals surface area contributed by atoms with Gasteiger partial charge in [-0.15, -0.1) is 0 Å². The first-order valence-corrected chi connectivity index (χ1v) is 9.03. The quantitative estimate of drug-likeness (QED) is 0.688. The lowest BCUT2D eigenvalue weighted by Crippen LogP contribution is -2.37. The van der Waals surface area contributed by atoms with Crippen LogP contribution in [0.25, 0.3) is 22.4 Å². The average molecular weight is 370 g/mol. The normalized spacial score (nSPS) is 14.8. The zero-order valence-electron chi connectivity index (χ0n) is 15.1. The summed E-state index contributed by atoms with van der Waals surface area (Å²) in [5.74, 6) is 0.669. The largest absolute Gasteiger partial charge is 0.378 e. The van der Waals surface area contributed by atoms with E-state index in [2.05, 4.69) is 9.88 Å². The van der Waals surface area contributed by atoms with Crippen LogP contribution in [0.1, 0.15) is 17.0 Å². The summed E-state index contributed by atoms with van der Waals surface area (Å²) in [4.78, 5) is 21.1. The number of fused-ring (bicyclic) bond motifs is 1. The predicted molar refractivity (Wildman–Crippen MR) is 103 cm³/mol. The molecule has 0 spiro atoms.